The van der Waals surface area contributed by atoms with Gasteiger partial charge in [0.1, 0.15) is 0 Å². The van der Waals surface area contributed by atoms with Crippen LogP contribution in [0.2, 0.25) is 0 Å². The van der Waals surface area contributed by atoms with Crippen LogP contribution >= 0.6 is 15.9 Å². The minimum absolute atomic E-state index is 0.132. The molecule has 0 saturated carbocycles. The highest BCUT2D eigenvalue weighted by Crippen LogP contribution is 2.21. The molecular weight excluding hydrogens is 316 g/mol. The van der Waals surface area contributed by atoms with E-state index in [-0.39, 0.29) is 17.8 Å². The van der Waals surface area contributed by atoms with Crippen molar-refractivity contribution in [3.8, 4) is 0 Å². The number of amides is 1. The van der Waals surface area contributed by atoms with Crippen molar-refractivity contribution >= 4 is 27.5 Å². The number of hydrogen-bond acceptors (Lipinski definition) is 4. The third-order valence-electron chi connectivity index (χ3n) is 2.48. The number of carbonyl (C=O) groups excluding carboxylic acids is 1. The van der Waals surface area contributed by atoms with Crippen LogP contribution in [0, 0.1) is 10.1 Å². The van der Waals surface area contributed by atoms with E-state index in [1.54, 1.807) is 0 Å². The van der Waals surface area contributed by atoms with E-state index in [2.05, 4.69) is 21.2 Å². The number of aliphatic hydroxyl groups is 1. The van der Waals surface area contributed by atoms with E-state index in [9.17, 15) is 20.0 Å². The van der Waals surface area contributed by atoms with Gasteiger partial charge in [-0.05, 0) is 12.5 Å². The second-order valence-corrected chi connectivity index (χ2v) is 5.02. The Kier molecular flexibility index (Phi) is 5.91. The molecule has 7 heteroatoms. The van der Waals surface area contributed by atoms with E-state index in [1.807, 2.05) is 6.92 Å². The maximum absolute atomic E-state index is 11.8. The molecule has 0 aliphatic heterocycles. The van der Waals surface area contributed by atoms with Gasteiger partial charge in [-0.2, -0.15) is 0 Å². The summed E-state index contributed by atoms with van der Waals surface area (Å²) < 4.78 is 0.459. The van der Waals surface area contributed by atoms with E-state index >= 15 is 0 Å². The normalized spacial score (nSPS) is 11.9. The predicted molar refractivity (Wildman–Crippen MR) is 74.0 cm³/mol. The minimum atomic E-state index is -0.601. The van der Waals surface area contributed by atoms with Crippen LogP contribution in [-0.2, 0) is 0 Å². The maximum atomic E-state index is 11.8. The maximum Gasteiger partial charge on any atom is 0.271 e. The number of halogens is 1. The zero-order valence-electron chi connectivity index (χ0n) is 10.4. The molecule has 1 rings (SSSR count). The first kappa shape index (κ1) is 15.6. The van der Waals surface area contributed by atoms with Gasteiger partial charge in [0, 0.05) is 28.7 Å². The average molecular weight is 331 g/mol. The topological polar surface area (TPSA) is 92.5 Å². The van der Waals surface area contributed by atoms with Gasteiger partial charge in [0.15, 0.2) is 0 Å². The number of nitro benzene ring substituents is 1. The van der Waals surface area contributed by atoms with Gasteiger partial charge in [0.05, 0.1) is 11.0 Å². The Balaban J connectivity index is 2.74. The predicted octanol–water partition coefficient (Wildman–Crippen LogP) is 2.25. The molecule has 1 atom stereocenters. The number of carbonyl (C=O) groups is 1. The number of rotatable bonds is 6. The molecule has 0 radical (unpaired) electrons. The van der Waals surface area contributed by atoms with Gasteiger partial charge in [0.2, 0.25) is 0 Å². The SMILES string of the molecule is CCCC(O)CNC(=O)c1cc(Br)cc([N+](=O)[O-])c1. The third-order valence-corrected chi connectivity index (χ3v) is 2.93. The molecule has 1 aromatic carbocycles. The molecule has 19 heavy (non-hydrogen) atoms. The summed E-state index contributed by atoms with van der Waals surface area (Å²) in [5.74, 6) is -0.445. The fourth-order valence-electron chi connectivity index (χ4n) is 1.56. The van der Waals surface area contributed by atoms with Crippen LogP contribution in [0.3, 0.4) is 0 Å². The number of aliphatic hydroxyl groups excluding tert-OH is 1. The Bertz CT molecular complexity index is 479. The Hall–Kier alpha value is -1.47. The summed E-state index contributed by atoms with van der Waals surface area (Å²) in [7, 11) is 0. The fourth-order valence-corrected chi connectivity index (χ4v) is 2.04. The molecule has 1 unspecified atom stereocenters. The molecule has 0 bridgehead atoms. The molecule has 1 aromatic rings. The van der Waals surface area contributed by atoms with Crippen LogP contribution in [0.1, 0.15) is 30.1 Å². The largest absolute Gasteiger partial charge is 0.391 e. The van der Waals surface area contributed by atoms with Gasteiger partial charge in [0.25, 0.3) is 11.6 Å². The number of nitrogens with one attached hydrogen (secondary N) is 1. The summed E-state index contributed by atoms with van der Waals surface area (Å²) in [6.07, 6.45) is 0.814. The quantitative estimate of drug-likeness (QED) is 0.618. The van der Waals surface area contributed by atoms with E-state index in [0.717, 1.165) is 6.42 Å². The van der Waals surface area contributed by atoms with Crippen LogP contribution in [0.5, 0.6) is 0 Å². The van der Waals surface area contributed by atoms with Gasteiger partial charge in [-0.15, -0.1) is 0 Å². The highest BCUT2D eigenvalue weighted by atomic mass is 79.9. The van der Waals surface area contributed by atoms with Crippen molar-refractivity contribution in [1.82, 2.24) is 5.32 Å². The monoisotopic (exact) mass is 330 g/mol. The summed E-state index contributed by atoms with van der Waals surface area (Å²) in [4.78, 5) is 21.9. The summed E-state index contributed by atoms with van der Waals surface area (Å²) in [6.45, 7) is 2.07. The summed E-state index contributed by atoms with van der Waals surface area (Å²) in [5, 5.41) is 22.7. The Morgan fingerprint density at radius 3 is 2.79 bits per heavy atom. The number of nitrogens with zero attached hydrogens (tertiary/aromatic N) is 1. The lowest BCUT2D eigenvalue weighted by Crippen LogP contribution is -2.32. The fraction of sp³-hybridized carbons (Fsp3) is 0.417. The molecule has 1 amide bonds. The lowest BCUT2D eigenvalue weighted by Gasteiger charge is -2.10. The van der Waals surface area contributed by atoms with E-state index in [4.69, 9.17) is 0 Å². The van der Waals surface area contributed by atoms with Crippen molar-refractivity contribution in [2.45, 2.75) is 25.9 Å². The zero-order valence-corrected chi connectivity index (χ0v) is 12.0. The van der Waals surface area contributed by atoms with Crippen LogP contribution in [0.4, 0.5) is 5.69 Å². The molecule has 0 fully saturated rings. The van der Waals surface area contributed by atoms with Crippen LogP contribution in [0.15, 0.2) is 22.7 Å². The number of non-ortho nitro benzene ring substituents is 1. The van der Waals surface area contributed by atoms with Crippen molar-refractivity contribution in [1.29, 1.82) is 0 Å². The molecule has 0 saturated heterocycles. The Morgan fingerprint density at radius 2 is 2.21 bits per heavy atom. The van der Waals surface area contributed by atoms with E-state index in [1.165, 1.54) is 18.2 Å². The lowest BCUT2D eigenvalue weighted by molar-refractivity contribution is -0.385. The average Bonchev–Trinajstić information content (AvgIpc) is 2.35. The van der Waals surface area contributed by atoms with Crippen molar-refractivity contribution < 1.29 is 14.8 Å². The second-order valence-electron chi connectivity index (χ2n) is 4.11. The number of hydrogen-bond donors (Lipinski definition) is 2. The molecule has 104 valence electrons. The standard InChI is InChI=1S/C12H15BrN2O4/c1-2-3-11(16)7-14-12(17)8-4-9(13)6-10(5-8)15(18)19/h4-6,11,16H,2-3,7H2,1H3,(H,14,17). The number of benzene rings is 1. The highest BCUT2D eigenvalue weighted by molar-refractivity contribution is 9.10. The molecule has 0 aliphatic carbocycles. The van der Waals surface area contributed by atoms with E-state index < -0.39 is 16.9 Å². The molecule has 0 aliphatic rings. The van der Waals surface area contributed by atoms with Gasteiger partial charge in [-0.1, -0.05) is 29.3 Å². The molecule has 2 N–H and O–H groups in total. The Morgan fingerprint density at radius 1 is 1.53 bits per heavy atom. The second kappa shape index (κ2) is 7.20. The summed E-state index contributed by atoms with van der Waals surface area (Å²) >= 11 is 3.12. The number of nitro groups is 1. The van der Waals surface area contributed by atoms with Crippen molar-refractivity contribution in [2.75, 3.05) is 6.54 Å². The van der Waals surface area contributed by atoms with Crippen molar-refractivity contribution in [3.63, 3.8) is 0 Å². The highest BCUT2D eigenvalue weighted by Gasteiger charge is 2.14. The molecule has 0 spiro atoms. The summed E-state index contributed by atoms with van der Waals surface area (Å²) in [6, 6.07) is 4.02. The first-order chi connectivity index (χ1) is 8.93. The van der Waals surface area contributed by atoms with Gasteiger partial charge >= 0.3 is 0 Å². The van der Waals surface area contributed by atoms with Crippen LogP contribution < -0.4 is 5.32 Å². The minimum Gasteiger partial charge on any atom is -0.391 e. The molecule has 6 nitrogen and oxygen atoms in total. The third kappa shape index (κ3) is 4.96. The zero-order chi connectivity index (χ0) is 14.4. The molecular formula is C12H15BrN2O4. The summed E-state index contributed by atoms with van der Waals surface area (Å²) in [5.41, 5.74) is 0.0263. The van der Waals surface area contributed by atoms with Gasteiger partial charge < -0.3 is 10.4 Å². The van der Waals surface area contributed by atoms with Gasteiger partial charge in [-0.3, -0.25) is 14.9 Å². The lowest BCUT2D eigenvalue weighted by atomic mass is 10.1. The smallest absolute Gasteiger partial charge is 0.271 e. The Labute approximate surface area is 119 Å². The molecule has 0 heterocycles. The van der Waals surface area contributed by atoms with Crippen molar-refractivity contribution in [2.24, 2.45) is 0 Å². The van der Waals surface area contributed by atoms with Crippen LogP contribution in [0.25, 0.3) is 0 Å². The molecule has 0 aromatic heterocycles. The van der Waals surface area contributed by atoms with Crippen LogP contribution in [-0.4, -0.2) is 28.6 Å². The first-order valence-electron chi connectivity index (χ1n) is 5.85. The van der Waals surface area contributed by atoms with Crippen molar-refractivity contribution in [3.05, 3.63) is 38.3 Å². The first-order valence-corrected chi connectivity index (χ1v) is 6.64. The van der Waals surface area contributed by atoms with Gasteiger partial charge in [-0.25, -0.2) is 0 Å². The van der Waals surface area contributed by atoms with E-state index in [0.29, 0.717) is 10.9 Å².